The van der Waals surface area contributed by atoms with Crippen molar-refractivity contribution >= 4 is 17.3 Å². The van der Waals surface area contributed by atoms with E-state index in [2.05, 4.69) is 5.10 Å². The number of rotatable bonds is 3. The van der Waals surface area contributed by atoms with Crippen LogP contribution in [-0.2, 0) is 11.2 Å². The van der Waals surface area contributed by atoms with Crippen LogP contribution in [0.2, 0.25) is 0 Å². The number of carbonyl (C=O) groups excluding carboxylic acids is 1. The van der Waals surface area contributed by atoms with Crippen LogP contribution < -0.4 is 4.74 Å². The molecule has 0 radical (unpaired) electrons. The summed E-state index contributed by atoms with van der Waals surface area (Å²) in [6, 6.07) is 12.0. The standard InChI is InChI=1S/C20H19N3O4/c1-12(24)22-20(14-4-3-5-15(10-14)23(25)26)18-8-6-13-11-16(27-2)7-9-17(13)19(18)21-22/h3-5,7,9-11,18,20H,6,8H2,1-2H3/t18-,20-/m0/s1. The minimum absolute atomic E-state index is 0.0109. The number of amides is 1. The molecule has 27 heavy (non-hydrogen) atoms. The normalized spacial score (nSPS) is 20.5. The van der Waals surface area contributed by atoms with Gasteiger partial charge in [0.15, 0.2) is 0 Å². The van der Waals surface area contributed by atoms with E-state index in [4.69, 9.17) is 4.74 Å². The fraction of sp³-hybridized carbons (Fsp3) is 0.300. The number of nitro groups is 1. The van der Waals surface area contributed by atoms with Crippen LogP contribution in [0.4, 0.5) is 5.69 Å². The van der Waals surface area contributed by atoms with Crippen molar-refractivity contribution in [1.82, 2.24) is 5.01 Å². The van der Waals surface area contributed by atoms with Gasteiger partial charge in [-0.2, -0.15) is 5.10 Å². The Morgan fingerprint density at radius 2 is 2.11 bits per heavy atom. The Bertz CT molecular complexity index is 969. The molecule has 1 aliphatic carbocycles. The maximum atomic E-state index is 12.3. The van der Waals surface area contributed by atoms with E-state index in [9.17, 15) is 14.9 Å². The van der Waals surface area contributed by atoms with Gasteiger partial charge < -0.3 is 4.74 Å². The molecule has 0 bridgehead atoms. The second-order valence-corrected chi connectivity index (χ2v) is 6.81. The highest BCUT2D eigenvalue weighted by Crippen LogP contribution is 2.44. The molecule has 1 heterocycles. The van der Waals surface area contributed by atoms with E-state index in [0.29, 0.717) is 0 Å². The third-order valence-corrected chi connectivity index (χ3v) is 5.27. The second-order valence-electron chi connectivity index (χ2n) is 6.81. The number of nitro benzene ring substituents is 1. The van der Waals surface area contributed by atoms with Crippen LogP contribution in [0.5, 0.6) is 5.75 Å². The summed E-state index contributed by atoms with van der Waals surface area (Å²) in [6.07, 6.45) is 1.66. The highest BCUT2D eigenvalue weighted by Gasteiger charge is 2.43. The minimum Gasteiger partial charge on any atom is -0.497 e. The zero-order chi connectivity index (χ0) is 19.1. The van der Waals surface area contributed by atoms with Gasteiger partial charge in [0.05, 0.1) is 23.8 Å². The second kappa shape index (κ2) is 6.50. The van der Waals surface area contributed by atoms with Gasteiger partial charge in [0.25, 0.3) is 5.69 Å². The molecule has 138 valence electrons. The average Bonchev–Trinajstić information content (AvgIpc) is 3.07. The molecule has 2 aromatic carbocycles. The third kappa shape index (κ3) is 2.85. The lowest BCUT2D eigenvalue weighted by Crippen LogP contribution is -2.31. The summed E-state index contributed by atoms with van der Waals surface area (Å²) >= 11 is 0. The summed E-state index contributed by atoms with van der Waals surface area (Å²) in [5, 5.41) is 17.3. The first kappa shape index (κ1) is 17.2. The van der Waals surface area contributed by atoms with Crippen LogP contribution in [0.3, 0.4) is 0 Å². The Balaban J connectivity index is 1.78. The fourth-order valence-electron chi connectivity index (χ4n) is 4.05. The van der Waals surface area contributed by atoms with Gasteiger partial charge >= 0.3 is 0 Å². The summed E-state index contributed by atoms with van der Waals surface area (Å²) in [6.45, 7) is 1.47. The lowest BCUT2D eigenvalue weighted by atomic mass is 9.77. The largest absolute Gasteiger partial charge is 0.497 e. The van der Waals surface area contributed by atoms with Gasteiger partial charge in [-0.3, -0.25) is 14.9 Å². The number of non-ortho nitro benzene ring substituents is 1. The zero-order valence-electron chi connectivity index (χ0n) is 15.1. The highest BCUT2D eigenvalue weighted by atomic mass is 16.6. The van der Waals surface area contributed by atoms with Crippen molar-refractivity contribution in [2.45, 2.75) is 25.8 Å². The molecule has 1 aliphatic heterocycles. The van der Waals surface area contributed by atoms with Crippen LogP contribution in [0.15, 0.2) is 47.6 Å². The number of carbonyl (C=O) groups is 1. The first-order valence-electron chi connectivity index (χ1n) is 8.79. The Labute approximate surface area is 156 Å². The molecule has 0 fully saturated rings. The Hall–Kier alpha value is -3.22. The van der Waals surface area contributed by atoms with E-state index in [-0.39, 0.29) is 23.6 Å². The summed E-state index contributed by atoms with van der Waals surface area (Å²) < 4.78 is 5.31. The highest BCUT2D eigenvalue weighted by molar-refractivity contribution is 6.06. The summed E-state index contributed by atoms with van der Waals surface area (Å²) in [7, 11) is 1.64. The molecule has 2 atom stereocenters. The number of nitrogens with zero attached hydrogens (tertiary/aromatic N) is 3. The number of aryl methyl sites for hydroxylation is 1. The Morgan fingerprint density at radius 3 is 2.81 bits per heavy atom. The molecule has 0 spiro atoms. The molecule has 0 saturated heterocycles. The SMILES string of the molecule is COc1ccc2c(c1)CC[C@H]1C2=NN(C(C)=O)[C@H]1c1cccc([N+](=O)[O-])c1. The first-order valence-corrected chi connectivity index (χ1v) is 8.79. The van der Waals surface area contributed by atoms with Gasteiger partial charge in [-0.15, -0.1) is 0 Å². The number of hydrogen-bond donors (Lipinski definition) is 0. The molecule has 1 amide bonds. The zero-order valence-corrected chi connectivity index (χ0v) is 15.1. The molecule has 0 unspecified atom stereocenters. The van der Waals surface area contributed by atoms with E-state index in [1.54, 1.807) is 19.2 Å². The van der Waals surface area contributed by atoms with E-state index in [1.807, 2.05) is 24.3 Å². The van der Waals surface area contributed by atoms with Gasteiger partial charge in [-0.1, -0.05) is 12.1 Å². The summed E-state index contributed by atoms with van der Waals surface area (Å²) in [5.74, 6) is 0.629. The van der Waals surface area contributed by atoms with Crippen molar-refractivity contribution in [3.63, 3.8) is 0 Å². The Morgan fingerprint density at radius 1 is 1.30 bits per heavy atom. The van der Waals surface area contributed by atoms with Crippen molar-refractivity contribution in [2.24, 2.45) is 11.0 Å². The quantitative estimate of drug-likeness (QED) is 0.616. The maximum Gasteiger partial charge on any atom is 0.269 e. The number of benzene rings is 2. The predicted octanol–water partition coefficient (Wildman–Crippen LogP) is 3.47. The average molecular weight is 365 g/mol. The predicted molar refractivity (Wildman–Crippen MR) is 99.7 cm³/mol. The lowest BCUT2D eigenvalue weighted by Gasteiger charge is -2.29. The maximum absolute atomic E-state index is 12.3. The number of hydrogen-bond acceptors (Lipinski definition) is 5. The molecule has 4 rings (SSSR count). The lowest BCUT2D eigenvalue weighted by molar-refractivity contribution is -0.385. The number of fused-ring (bicyclic) bond motifs is 3. The minimum atomic E-state index is -0.416. The van der Waals surface area contributed by atoms with Gasteiger partial charge in [0.2, 0.25) is 5.91 Å². The van der Waals surface area contributed by atoms with Gasteiger partial charge in [0, 0.05) is 30.5 Å². The van der Waals surface area contributed by atoms with Crippen LogP contribution in [-0.4, -0.2) is 28.7 Å². The number of hydrazone groups is 1. The van der Waals surface area contributed by atoms with E-state index in [0.717, 1.165) is 41.0 Å². The van der Waals surface area contributed by atoms with Gasteiger partial charge in [0.1, 0.15) is 5.75 Å². The van der Waals surface area contributed by atoms with Gasteiger partial charge in [-0.05, 0) is 42.2 Å². The van der Waals surface area contributed by atoms with E-state index < -0.39 is 4.92 Å². The van der Waals surface area contributed by atoms with E-state index >= 15 is 0 Å². The molecular formula is C20H19N3O4. The van der Waals surface area contributed by atoms with Crippen LogP contribution in [0.25, 0.3) is 0 Å². The van der Waals surface area contributed by atoms with Crippen molar-refractivity contribution in [3.05, 3.63) is 69.3 Å². The van der Waals surface area contributed by atoms with Crippen LogP contribution >= 0.6 is 0 Å². The van der Waals surface area contributed by atoms with Crippen molar-refractivity contribution < 1.29 is 14.5 Å². The summed E-state index contributed by atoms with van der Waals surface area (Å²) in [4.78, 5) is 23.0. The third-order valence-electron chi connectivity index (χ3n) is 5.27. The van der Waals surface area contributed by atoms with Crippen LogP contribution in [0, 0.1) is 16.0 Å². The molecule has 7 nitrogen and oxygen atoms in total. The molecule has 7 heteroatoms. The van der Waals surface area contributed by atoms with Crippen molar-refractivity contribution in [3.8, 4) is 5.75 Å². The number of ether oxygens (including phenoxy) is 1. The molecule has 2 aromatic rings. The molecular weight excluding hydrogens is 346 g/mol. The molecule has 0 saturated carbocycles. The number of methoxy groups -OCH3 is 1. The summed E-state index contributed by atoms with van der Waals surface area (Å²) in [5.41, 5.74) is 3.79. The molecule has 0 aromatic heterocycles. The van der Waals surface area contributed by atoms with Crippen molar-refractivity contribution in [2.75, 3.05) is 7.11 Å². The fourth-order valence-corrected chi connectivity index (χ4v) is 4.05. The van der Waals surface area contributed by atoms with Crippen LogP contribution in [0.1, 0.15) is 36.1 Å². The smallest absolute Gasteiger partial charge is 0.269 e. The Kier molecular flexibility index (Phi) is 4.14. The topological polar surface area (TPSA) is 85.0 Å². The van der Waals surface area contributed by atoms with Crippen molar-refractivity contribution in [1.29, 1.82) is 0 Å². The van der Waals surface area contributed by atoms with E-state index in [1.165, 1.54) is 18.0 Å². The molecule has 0 N–H and O–H groups in total. The molecule has 2 aliphatic rings. The van der Waals surface area contributed by atoms with Gasteiger partial charge in [-0.25, -0.2) is 5.01 Å². The monoisotopic (exact) mass is 365 g/mol. The first-order chi connectivity index (χ1) is 13.0.